The molecule has 2 aromatic heterocycles. The molecule has 4 rings (SSSR count). The number of H-pyrrole nitrogens is 2. The predicted molar refractivity (Wildman–Crippen MR) is 98.6 cm³/mol. The number of nitrogens with zero attached hydrogens (tertiary/aromatic N) is 2. The van der Waals surface area contributed by atoms with Crippen molar-refractivity contribution in [3.8, 4) is 0 Å². The maximum Gasteiger partial charge on any atom is 0.263 e. The van der Waals surface area contributed by atoms with Crippen molar-refractivity contribution in [1.82, 2.24) is 25.3 Å². The second-order valence-corrected chi connectivity index (χ2v) is 6.93. The third-order valence-electron chi connectivity index (χ3n) is 4.40. The fourth-order valence-corrected chi connectivity index (χ4v) is 3.01. The number of rotatable bonds is 6. The maximum absolute atomic E-state index is 12.1. The Morgan fingerprint density at radius 2 is 2.15 bits per heavy atom. The Kier molecular flexibility index (Phi) is 4.46. The molecule has 0 aliphatic heterocycles. The molecule has 26 heavy (non-hydrogen) atoms. The van der Waals surface area contributed by atoms with Crippen LogP contribution in [0.1, 0.15) is 47.2 Å². The lowest BCUT2D eigenvalue weighted by Gasteiger charge is -2.04. The Morgan fingerprint density at radius 1 is 1.31 bits per heavy atom. The third kappa shape index (κ3) is 3.62. The van der Waals surface area contributed by atoms with E-state index in [4.69, 9.17) is 11.6 Å². The minimum atomic E-state index is -0.405. The summed E-state index contributed by atoms with van der Waals surface area (Å²) in [6, 6.07) is 5.50. The summed E-state index contributed by atoms with van der Waals surface area (Å²) in [4.78, 5) is 38.7. The third-order valence-corrected chi connectivity index (χ3v) is 4.63. The Morgan fingerprint density at radius 3 is 2.92 bits per heavy atom. The van der Waals surface area contributed by atoms with Crippen molar-refractivity contribution in [1.29, 1.82) is 0 Å². The average molecular weight is 372 g/mol. The standard InChI is InChI=1S/C18H18ClN5O2/c19-11-5-6-13-14(8-11)23-15(22-13)2-1-7-20-17(25)12-9-21-16(10-3-4-10)24-18(12)26/h5-6,8-10H,1-4,7H2,(H,20,25)(H,22,23)(H,21,24,26). The van der Waals surface area contributed by atoms with Gasteiger partial charge in [0.1, 0.15) is 17.2 Å². The summed E-state index contributed by atoms with van der Waals surface area (Å²) in [6.45, 7) is 0.445. The number of hydrogen-bond acceptors (Lipinski definition) is 4. The van der Waals surface area contributed by atoms with E-state index in [0.717, 1.165) is 29.7 Å². The molecule has 1 aliphatic rings. The Balaban J connectivity index is 1.31. The fourth-order valence-electron chi connectivity index (χ4n) is 2.84. The SMILES string of the molecule is O=C(NCCCc1nc2ccc(Cl)cc2[nH]1)c1cnc(C2CC2)[nH]c1=O. The summed E-state index contributed by atoms with van der Waals surface area (Å²) < 4.78 is 0. The quantitative estimate of drug-likeness (QED) is 0.579. The van der Waals surface area contributed by atoms with Gasteiger partial charge in [0, 0.05) is 30.1 Å². The molecule has 0 radical (unpaired) electrons. The van der Waals surface area contributed by atoms with Gasteiger partial charge in [0.15, 0.2) is 0 Å². The lowest BCUT2D eigenvalue weighted by molar-refractivity contribution is 0.0951. The van der Waals surface area contributed by atoms with Gasteiger partial charge in [-0.05, 0) is 37.5 Å². The monoisotopic (exact) mass is 371 g/mol. The molecule has 1 aromatic carbocycles. The van der Waals surface area contributed by atoms with Gasteiger partial charge in [-0.2, -0.15) is 0 Å². The second kappa shape index (κ2) is 6.92. The van der Waals surface area contributed by atoms with E-state index in [1.807, 2.05) is 12.1 Å². The highest BCUT2D eigenvalue weighted by molar-refractivity contribution is 6.31. The molecular formula is C18H18ClN5O2. The average Bonchev–Trinajstić information content (AvgIpc) is 3.39. The van der Waals surface area contributed by atoms with Crippen LogP contribution in [0.15, 0.2) is 29.2 Å². The molecule has 1 aliphatic carbocycles. The van der Waals surface area contributed by atoms with Crippen LogP contribution < -0.4 is 10.9 Å². The molecule has 7 nitrogen and oxygen atoms in total. The van der Waals surface area contributed by atoms with Crippen molar-refractivity contribution in [2.24, 2.45) is 0 Å². The molecule has 1 amide bonds. The Labute approximate surface area is 154 Å². The summed E-state index contributed by atoms with van der Waals surface area (Å²) in [5.74, 6) is 1.46. The van der Waals surface area contributed by atoms with Crippen molar-refractivity contribution in [3.63, 3.8) is 0 Å². The highest BCUT2D eigenvalue weighted by atomic mass is 35.5. The summed E-state index contributed by atoms with van der Waals surface area (Å²) in [5, 5.41) is 3.41. The van der Waals surface area contributed by atoms with E-state index in [9.17, 15) is 9.59 Å². The lowest BCUT2D eigenvalue weighted by atomic mass is 10.2. The first-order valence-corrected chi connectivity index (χ1v) is 8.99. The summed E-state index contributed by atoms with van der Waals surface area (Å²) in [5.41, 5.74) is 1.42. The van der Waals surface area contributed by atoms with Crippen LogP contribution >= 0.6 is 11.6 Å². The number of hydrogen-bond donors (Lipinski definition) is 3. The molecular weight excluding hydrogens is 354 g/mol. The van der Waals surface area contributed by atoms with Gasteiger partial charge in [-0.1, -0.05) is 11.6 Å². The van der Waals surface area contributed by atoms with Crippen molar-refractivity contribution in [3.05, 3.63) is 57.0 Å². The number of aromatic nitrogens is 4. The Hall–Kier alpha value is -2.67. The van der Waals surface area contributed by atoms with Crippen LogP contribution in [0.4, 0.5) is 0 Å². The number of imidazole rings is 1. The van der Waals surface area contributed by atoms with Crippen LogP contribution in [-0.4, -0.2) is 32.4 Å². The molecule has 8 heteroatoms. The van der Waals surface area contributed by atoms with Gasteiger partial charge >= 0.3 is 0 Å². The van der Waals surface area contributed by atoms with E-state index < -0.39 is 5.91 Å². The highest BCUT2D eigenvalue weighted by Crippen LogP contribution is 2.37. The topological polar surface area (TPSA) is 104 Å². The van der Waals surface area contributed by atoms with Gasteiger partial charge < -0.3 is 15.3 Å². The smallest absolute Gasteiger partial charge is 0.263 e. The van der Waals surface area contributed by atoms with Crippen LogP contribution in [-0.2, 0) is 6.42 Å². The molecule has 134 valence electrons. The first-order valence-electron chi connectivity index (χ1n) is 8.62. The molecule has 0 bridgehead atoms. The fraction of sp³-hybridized carbons (Fsp3) is 0.333. The second-order valence-electron chi connectivity index (χ2n) is 6.49. The summed E-state index contributed by atoms with van der Waals surface area (Å²) in [7, 11) is 0. The van der Waals surface area contributed by atoms with E-state index in [2.05, 4.69) is 25.3 Å². The largest absolute Gasteiger partial charge is 0.352 e. The van der Waals surface area contributed by atoms with E-state index >= 15 is 0 Å². The van der Waals surface area contributed by atoms with Crippen LogP contribution in [0.3, 0.4) is 0 Å². The molecule has 2 heterocycles. The zero-order valence-electron chi connectivity index (χ0n) is 14.0. The predicted octanol–water partition coefficient (Wildman–Crippen LogP) is 2.54. The maximum atomic E-state index is 12.1. The van der Waals surface area contributed by atoms with Crippen molar-refractivity contribution < 1.29 is 4.79 Å². The van der Waals surface area contributed by atoms with Crippen LogP contribution in [0.5, 0.6) is 0 Å². The van der Waals surface area contributed by atoms with E-state index in [1.54, 1.807) is 6.07 Å². The molecule has 0 unspecified atom stereocenters. The number of nitrogens with one attached hydrogen (secondary N) is 3. The molecule has 1 saturated carbocycles. The minimum Gasteiger partial charge on any atom is -0.352 e. The Bertz CT molecular complexity index is 1020. The van der Waals surface area contributed by atoms with Gasteiger partial charge in [-0.15, -0.1) is 0 Å². The molecule has 0 saturated heterocycles. The number of benzene rings is 1. The number of amides is 1. The molecule has 3 aromatic rings. The zero-order chi connectivity index (χ0) is 18.1. The first-order chi connectivity index (χ1) is 12.6. The zero-order valence-corrected chi connectivity index (χ0v) is 14.8. The van der Waals surface area contributed by atoms with Gasteiger partial charge in [0.25, 0.3) is 11.5 Å². The lowest BCUT2D eigenvalue weighted by Crippen LogP contribution is -2.31. The molecule has 0 atom stereocenters. The molecule has 1 fully saturated rings. The van der Waals surface area contributed by atoms with Crippen LogP contribution in [0.25, 0.3) is 11.0 Å². The summed E-state index contributed by atoms with van der Waals surface area (Å²) >= 11 is 5.96. The highest BCUT2D eigenvalue weighted by Gasteiger charge is 2.26. The van der Waals surface area contributed by atoms with E-state index in [0.29, 0.717) is 36.2 Å². The molecule has 3 N–H and O–H groups in total. The van der Waals surface area contributed by atoms with Crippen molar-refractivity contribution >= 4 is 28.5 Å². The first kappa shape index (κ1) is 16.8. The van der Waals surface area contributed by atoms with Crippen molar-refractivity contribution in [2.75, 3.05) is 6.54 Å². The van der Waals surface area contributed by atoms with Gasteiger partial charge in [-0.25, -0.2) is 9.97 Å². The van der Waals surface area contributed by atoms with Crippen LogP contribution in [0, 0.1) is 0 Å². The normalized spacial score (nSPS) is 13.9. The molecule has 0 spiro atoms. The summed E-state index contributed by atoms with van der Waals surface area (Å²) in [6.07, 6.45) is 4.84. The minimum absolute atomic E-state index is 0.0489. The van der Waals surface area contributed by atoms with E-state index in [-0.39, 0.29) is 11.1 Å². The number of fused-ring (bicyclic) bond motifs is 1. The number of halogens is 1. The number of aryl methyl sites for hydroxylation is 1. The van der Waals surface area contributed by atoms with Gasteiger partial charge in [-0.3, -0.25) is 9.59 Å². The van der Waals surface area contributed by atoms with E-state index in [1.165, 1.54) is 6.20 Å². The number of aromatic amines is 2. The number of carbonyl (C=O) groups is 1. The van der Waals surface area contributed by atoms with Crippen molar-refractivity contribution in [2.45, 2.75) is 31.6 Å². The van der Waals surface area contributed by atoms with Crippen LogP contribution in [0.2, 0.25) is 5.02 Å². The van der Waals surface area contributed by atoms with Gasteiger partial charge in [0.2, 0.25) is 0 Å². The number of carbonyl (C=O) groups excluding carboxylic acids is 1. The van der Waals surface area contributed by atoms with Gasteiger partial charge in [0.05, 0.1) is 11.0 Å².